The van der Waals surface area contributed by atoms with Crippen molar-refractivity contribution in [3.63, 3.8) is 0 Å². The summed E-state index contributed by atoms with van der Waals surface area (Å²) in [7, 11) is -3.85. The summed E-state index contributed by atoms with van der Waals surface area (Å²) < 4.78 is 27.0. The molecule has 2 aromatic carbocycles. The maximum atomic E-state index is 12.6. The van der Waals surface area contributed by atoms with Crippen molar-refractivity contribution in [2.24, 2.45) is 0 Å². The zero-order chi connectivity index (χ0) is 20.6. The maximum Gasteiger partial charge on any atom is 0.269 e. The zero-order valence-corrected chi connectivity index (χ0v) is 16.4. The first-order valence-electron chi connectivity index (χ1n) is 8.94. The van der Waals surface area contributed by atoms with Crippen molar-refractivity contribution in [2.45, 2.75) is 31.1 Å². The van der Waals surface area contributed by atoms with Crippen molar-refractivity contribution in [3.05, 3.63) is 64.7 Å². The molecule has 2 aromatic rings. The number of nitro benzene ring substituents is 1. The molecule has 0 radical (unpaired) electrons. The van der Waals surface area contributed by atoms with Crippen molar-refractivity contribution in [1.29, 1.82) is 0 Å². The predicted octanol–water partition coefficient (Wildman–Crippen LogP) is 3.10. The van der Waals surface area contributed by atoms with Crippen LogP contribution in [0.3, 0.4) is 0 Å². The van der Waals surface area contributed by atoms with E-state index in [0.29, 0.717) is 6.54 Å². The van der Waals surface area contributed by atoms with Crippen molar-refractivity contribution < 1.29 is 18.1 Å². The molecule has 28 heavy (non-hydrogen) atoms. The first-order valence-corrected chi connectivity index (χ1v) is 10.4. The highest BCUT2D eigenvalue weighted by atomic mass is 32.2. The van der Waals surface area contributed by atoms with E-state index in [1.54, 1.807) is 4.90 Å². The lowest BCUT2D eigenvalue weighted by molar-refractivity contribution is -0.384. The minimum Gasteiger partial charge on any atom is -0.312 e. The largest absolute Gasteiger partial charge is 0.312 e. The highest BCUT2D eigenvalue weighted by Gasteiger charge is 2.18. The number of amides is 1. The summed E-state index contributed by atoms with van der Waals surface area (Å²) in [4.78, 5) is 24.2. The monoisotopic (exact) mass is 405 g/mol. The molecule has 8 nitrogen and oxygen atoms in total. The average molecular weight is 405 g/mol. The second kappa shape index (κ2) is 9.95. The lowest BCUT2D eigenvalue weighted by Crippen LogP contribution is -2.35. The molecule has 1 amide bonds. The van der Waals surface area contributed by atoms with E-state index in [-0.39, 0.29) is 29.5 Å². The van der Waals surface area contributed by atoms with Gasteiger partial charge < -0.3 is 4.90 Å². The Bertz CT molecular complexity index is 899. The molecule has 0 heterocycles. The molecule has 9 heteroatoms. The van der Waals surface area contributed by atoms with Gasteiger partial charge in [0.1, 0.15) is 0 Å². The van der Waals surface area contributed by atoms with Crippen molar-refractivity contribution in [2.75, 3.05) is 18.0 Å². The van der Waals surface area contributed by atoms with E-state index in [2.05, 4.69) is 4.72 Å². The van der Waals surface area contributed by atoms with E-state index >= 15 is 0 Å². The Morgan fingerprint density at radius 1 is 1.11 bits per heavy atom. The van der Waals surface area contributed by atoms with E-state index in [1.807, 2.05) is 37.3 Å². The SMILES string of the molecule is CCCCN(C(=O)CCNS(=O)(=O)c1ccc([N+](=O)[O-])cc1)c1ccccc1. The molecule has 0 unspecified atom stereocenters. The number of para-hydroxylation sites is 1. The molecule has 0 aliphatic rings. The number of sulfonamides is 1. The summed E-state index contributed by atoms with van der Waals surface area (Å²) in [6.07, 6.45) is 1.78. The summed E-state index contributed by atoms with van der Waals surface area (Å²) >= 11 is 0. The van der Waals surface area contributed by atoms with Gasteiger partial charge in [0.15, 0.2) is 0 Å². The van der Waals surface area contributed by atoms with E-state index in [4.69, 9.17) is 0 Å². The van der Waals surface area contributed by atoms with E-state index < -0.39 is 14.9 Å². The van der Waals surface area contributed by atoms with Gasteiger partial charge in [-0.1, -0.05) is 31.5 Å². The number of hydrogen-bond donors (Lipinski definition) is 1. The van der Waals surface area contributed by atoms with Crippen LogP contribution in [-0.2, 0) is 14.8 Å². The molecule has 2 rings (SSSR count). The van der Waals surface area contributed by atoms with Crippen LogP contribution in [0.15, 0.2) is 59.5 Å². The van der Waals surface area contributed by atoms with Crippen LogP contribution in [0.4, 0.5) is 11.4 Å². The third-order valence-corrected chi connectivity index (χ3v) is 5.57. The molecule has 0 saturated carbocycles. The summed E-state index contributed by atoms with van der Waals surface area (Å²) in [6, 6.07) is 13.8. The van der Waals surface area contributed by atoms with Crippen molar-refractivity contribution in [1.82, 2.24) is 4.72 Å². The highest BCUT2D eigenvalue weighted by molar-refractivity contribution is 7.89. The molecule has 0 aliphatic carbocycles. The number of unbranched alkanes of at least 4 members (excludes halogenated alkanes) is 1. The predicted molar refractivity (Wildman–Crippen MR) is 107 cm³/mol. The van der Waals surface area contributed by atoms with Crippen LogP contribution in [0.2, 0.25) is 0 Å². The fourth-order valence-electron chi connectivity index (χ4n) is 2.58. The Morgan fingerprint density at radius 3 is 2.32 bits per heavy atom. The second-order valence-electron chi connectivity index (χ2n) is 6.13. The van der Waals surface area contributed by atoms with Crippen LogP contribution in [-0.4, -0.2) is 32.3 Å². The van der Waals surface area contributed by atoms with Crippen LogP contribution >= 0.6 is 0 Å². The molecule has 0 bridgehead atoms. The van der Waals surface area contributed by atoms with Crippen LogP contribution < -0.4 is 9.62 Å². The summed E-state index contributed by atoms with van der Waals surface area (Å²) in [5, 5.41) is 10.7. The molecule has 1 N–H and O–H groups in total. The number of carbonyl (C=O) groups excluding carboxylic acids is 1. The van der Waals surface area contributed by atoms with Gasteiger partial charge in [-0.25, -0.2) is 13.1 Å². The van der Waals surface area contributed by atoms with Gasteiger partial charge in [0, 0.05) is 37.3 Å². The molecule has 0 atom stereocenters. The number of nitrogens with one attached hydrogen (secondary N) is 1. The van der Waals surface area contributed by atoms with Gasteiger partial charge in [-0.3, -0.25) is 14.9 Å². The minimum atomic E-state index is -3.85. The van der Waals surface area contributed by atoms with E-state index in [0.717, 1.165) is 30.7 Å². The molecule has 0 fully saturated rings. The van der Waals surface area contributed by atoms with Gasteiger partial charge >= 0.3 is 0 Å². The molecule has 0 aromatic heterocycles. The van der Waals surface area contributed by atoms with Crippen molar-refractivity contribution in [3.8, 4) is 0 Å². The molecular formula is C19H23N3O5S. The average Bonchev–Trinajstić information content (AvgIpc) is 2.69. The molecule has 0 saturated heterocycles. The minimum absolute atomic E-state index is 0.00478. The van der Waals surface area contributed by atoms with Gasteiger partial charge in [-0.2, -0.15) is 0 Å². The van der Waals surface area contributed by atoms with Crippen LogP contribution in [0.5, 0.6) is 0 Å². The lowest BCUT2D eigenvalue weighted by atomic mass is 10.2. The van der Waals surface area contributed by atoms with E-state index in [9.17, 15) is 23.3 Å². The molecule has 150 valence electrons. The number of anilines is 1. The quantitative estimate of drug-likeness (QED) is 0.482. The Balaban J connectivity index is 1.99. The van der Waals surface area contributed by atoms with Gasteiger partial charge in [0.25, 0.3) is 5.69 Å². The Labute approximate surface area is 164 Å². The lowest BCUT2D eigenvalue weighted by Gasteiger charge is -2.23. The number of nitrogens with zero attached hydrogens (tertiary/aromatic N) is 2. The first-order chi connectivity index (χ1) is 13.3. The summed E-state index contributed by atoms with van der Waals surface area (Å²) in [5.74, 6) is -0.175. The fourth-order valence-corrected chi connectivity index (χ4v) is 3.61. The Kier molecular flexibility index (Phi) is 7.65. The number of hydrogen-bond acceptors (Lipinski definition) is 5. The summed E-state index contributed by atoms with van der Waals surface area (Å²) in [6.45, 7) is 2.54. The van der Waals surface area contributed by atoms with Gasteiger partial charge in [0.05, 0.1) is 9.82 Å². The van der Waals surface area contributed by atoms with Crippen LogP contribution in [0.25, 0.3) is 0 Å². The number of non-ortho nitro benzene ring substituents is 1. The molecule has 0 spiro atoms. The number of benzene rings is 2. The Morgan fingerprint density at radius 2 is 1.75 bits per heavy atom. The number of carbonyl (C=O) groups is 1. The van der Waals surface area contributed by atoms with Gasteiger partial charge in [0.2, 0.25) is 15.9 Å². The van der Waals surface area contributed by atoms with Gasteiger partial charge in [-0.05, 0) is 30.7 Å². The topological polar surface area (TPSA) is 110 Å². The number of rotatable bonds is 10. The fraction of sp³-hybridized carbons (Fsp3) is 0.316. The third kappa shape index (κ3) is 5.86. The first kappa shape index (κ1) is 21.5. The number of nitro groups is 1. The maximum absolute atomic E-state index is 12.6. The van der Waals surface area contributed by atoms with Gasteiger partial charge in [-0.15, -0.1) is 0 Å². The molecular weight excluding hydrogens is 382 g/mol. The Hall–Kier alpha value is -2.78. The normalized spacial score (nSPS) is 11.2. The van der Waals surface area contributed by atoms with E-state index in [1.165, 1.54) is 12.1 Å². The van der Waals surface area contributed by atoms with Crippen LogP contribution in [0.1, 0.15) is 26.2 Å². The second-order valence-corrected chi connectivity index (χ2v) is 7.90. The van der Waals surface area contributed by atoms with Crippen LogP contribution in [0, 0.1) is 10.1 Å². The third-order valence-electron chi connectivity index (χ3n) is 4.09. The standard InChI is InChI=1S/C19H23N3O5S/c1-2-3-15-21(16-7-5-4-6-8-16)19(23)13-14-20-28(26,27)18-11-9-17(10-12-18)22(24)25/h4-12,20H,2-3,13-15H2,1H3. The zero-order valence-electron chi connectivity index (χ0n) is 15.6. The van der Waals surface area contributed by atoms with Crippen molar-refractivity contribution >= 4 is 27.3 Å². The molecule has 0 aliphatic heterocycles. The summed E-state index contributed by atoms with van der Waals surface area (Å²) in [5.41, 5.74) is 0.586. The highest BCUT2D eigenvalue weighted by Crippen LogP contribution is 2.17. The smallest absolute Gasteiger partial charge is 0.269 e.